The molecule has 190 valence electrons. The molecule has 2 heterocycles. The number of rotatable bonds is 7. The lowest BCUT2D eigenvalue weighted by Gasteiger charge is -2.34. The quantitative estimate of drug-likeness (QED) is 0.361. The van der Waals surface area contributed by atoms with E-state index in [1.54, 1.807) is 41.1 Å². The number of para-hydroxylation sites is 1. The largest absolute Gasteiger partial charge is 0.339 e. The van der Waals surface area contributed by atoms with Crippen LogP contribution in [0.15, 0.2) is 101 Å². The SMILES string of the molecule is Cc1ccc(S(=O)(=O)c2cn(CC(=O)N3CCN(C/C=C/c4ccccc4)CC3)c3ccccc23)cc1. The number of amides is 1. The Bertz CT molecular complexity index is 1520. The van der Waals surface area contributed by atoms with Gasteiger partial charge in [-0.3, -0.25) is 9.69 Å². The number of nitrogens with zero attached hydrogens (tertiary/aromatic N) is 3. The van der Waals surface area contributed by atoms with Crippen LogP contribution in [0.2, 0.25) is 0 Å². The number of hydrogen-bond acceptors (Lipinski definition) is 4. The Morgan fingerprint density at radius 3 is 2.27 bits per heavy atom. The molecule has 6 nitrogen and oxygen atoms in total. The van der Waals surface area contributed by atoms with Crippen LogP contribution in [0.3, 0.4) is 0 Å². The van der Waals surface area contributed by atoms with Crippen LogP contribution in [0.4, 0.5) is 0 Å². The zero-order valence-corrected chi connectivity index (χ0v) is 21.8. The van der Waals surface area contributed by atoms with Gasteiger partial charge in [0.1, 0.15) is 6.54 Å². The maximum atomic E-state index is 13.5. The van der Waals surface area contributed by atoms with Gasteiger partial charge in [0.15, 0.2) is 0 Å². The van der Waals surface area contributed by atoms with Crippen molar-refractivity contribution in [2.24, 2.45) is 0 Å². The molecular weight excluding hydrogens is 482 g/mol. The molecule has 7 heteroatoms. The van der Waals surface area contributed by atoms with Gasteiger partial charge in [0.25, 0.3) is 0 Å². The van der Waals surface area contributed by atoms with E-state index >= 15 is 0 Å². The van der Waals surface area contributed by atoms with E-state index in [1.165, 1.54) is 5.56 Å². The second-order valence-electron chi connectivity index (χ2n) is 9.45. The fourth-order valence-electron chi connectivity index (χ4n) is 4.73. The maximum absolute atomic E-state index is 13.5. The molecule has 0 spiro atoms. The Balaban J connectivity index is 1.27. The molecule has 1 fully saturated rings. The van der Waals surface area contributed by atoms with E-state index in [-0.39, 0.29) is 22.2 Å². The van der Waals surface area contributed by atoms with Crippen molar-refractivity contribution in [1.29, 1.82) is 0 Å². The Labute approximate surface area is 218 Å². The van der Waals surface area contributed by atoms with Crippen molar-refractivity contribution < 1.29 is 13.2 Å². The third kappa shape index (κ3) is 5.53. The smallest absolute Gasteiger partial charge is 0.242 e. The predicted molar refractivity (Wildman–Crippen MR) is 147 cm³/mol. The number of aryl methyl sites for hydroxylation is 1. The molecule has 0 aliphatic carbocycles. The number of carbonyl (C=O) groups excluding carboxylic acids is 1. The summed E-state index contributed by atoms with van der Waals surface area (Å²) in [7, 11) is -3.72. The first-order valence-electron chi connectivity index (χ1n) is 12.5. The minimum absolute atomic E-state index is 0.000449. The summed E-state index contributed by atoms with van der Waals surface area (Å²) in [6.45, 7) is 5.82. The maximum Gasteiger partial charge on any atom is 0.242 e. The molecule has 3 aromatic carbocycles. The fraction of sp³-hybridized carbons (Fsp3) is 0.233. The topological polar surface area (TPSA) is 62.6 Å². The lowest BCUT2D eigenvalue weighted by Crippen LogP contribution is -2.49. The molecule has 0 saturated carbocycles. The summed E-state index contributed by atoms with van der Waals surface area (Å²) in [5.41, 5.74) is 2.92. The molecule has 1 aromatic heterocycles. The summed E-state index contributed by atoms with van der Waals surface area (Å²) in [6, 6.07) is 24.5. The highest BCUT2D eigenvalue weighted by molar-refractivity contribution is 7.91. The molecule has 4 aromatic rings. The summed E-state index contributed by atoms with van der Waals surface area (Å²) < 4.78 is 28.7. The van der Waals surface area contributed by atoms with Crippen LogP contribution in [-0.4, -0.2) is 61.4 Å². The average Bonchev–Trinajstić information content (AvgIpc) is 3.29. The van der Waals surface area contributed by atoms with Gasteiger partial charge in [-0.25, -0.2) is 8.42 Å². The Morgan fingerprint density at radius 2 is 1.54 bits per heavy atom. The van der Waals surface area contributed by atoms with E-state index in [1.807, 2.05) is 48.2 Å². The molecular formula is C30H31N3O3S. The number of sulfone groups is 1. The van der Waals surface area contributed by atoms with Gasteiger partial charge < -0.3 is 9.47 Å². The van der Waals surface area contributed by atoms with Crippen LogP contribution in [0.5, 0.6) is 0 Å². The van der Waals surface area contributed by atoms with Crippen molar-refractivity contribution in [2.75, 3.05) is 32.7 Å². The first-order chi connectivity index (χ1) is 17.9. The Hall–Kier alpha value is -3.68. The number of benzene rings is 3. The van der Waals surface area contributed by atoms with Gasteiger partial charge in [0.2, 0.25) is 15.7 Å². The van der Waals surface area contributed by atoms with Crippen LogP contribution < -0.4 is 0 Å². The molecule has 37 heavy (non-hydrogen) atoms. The fourth-order valence-corrected chi connectivity index (χ4v) is 6.21. The molecule has 0 atom stereocenters. The minimum Gasteiger partial charge on any atom is -0.339 e. The number of hydrogen-bond donors (Lipinski definition) is 0. The van der Waals surface area contributed by atoms with Crippen molar-refractivity contribution in [2.45, 2.75) is 23.3 Å². The molecule has 1 amide bonds. The normalized spacial score (nSPS) is 15.0. The summed E-state index contributed by atoms with van der Waals surface area (Å²) in [5.74, 6) is -0.000449. The van der Waals surface area contributed by atoms with Gasteiger partial charge in [-0.2, -0.15) is 0 Å². The van der Waals surface area contributed by atoms with E-state index in [0.717, 1.165) is 30.7 Å². The van der Waals surface area contributed by atoms with Gasteiger partial charge in [0, 0.05) is 49.8 Å². The molecule has 0 N–H and O–H groups in total. The van der Waals surface area contributed by atoms with Crippen molar-refractivity contribution in [3.05, 3.63) is 102 Å². The number of piperazine rings is 1. The summed E-state index contributed by atoms with van der Waals surface area (Å²) in [5, 5.41) is 0.630. The molecule has 1 aliphatic rings. The van der Waals surface area contributed by atoms with E-state index in [4.69, 9.17) is 0 Å². The molecule has 1 saturated heterocycles. The molecule has 0 bridgehead atoms. The third-order valence-corrected chi connectivity index (χ3v) is 8.67. The van der Waals surface area contributed by atoms with Crippen LogP contribution in [0.25, 0.3) is 17.0 Å². The monoisotopic (exact) mass is 513 g/mol. The van der Waals surface area contributed by atoms with Gasteiger partial charge in [0.05, 0.1) is 9.79 Å². The van der Waals surface area contributed by atoms with Crippen molar-refractivity contribution in [3.63, 3.8) is 0 Å². The van der Waals surface area contributed by atoms with Gasteiger partial charge in [-0.15, -0.1) is 0 Å². The summed E-state index contributed by atoms with van der Waals surface area (Å²) in [6.07, 6.45) is 5.90. The van der Waals surface area contributed by atoms with E-state index in [2.05, 4.69) is 29.2 Å². The highest BCUT2D eigenvalue weighted by Gasteiger charge is 2.25. The van der Waals surface area contributed by atoms with Crippen LogP contribution in [0.1, 0.15) is 11.1 Å². The van der Waals surface area contributed by atoms with Crippen LogP contribution in [-0.2, 0) is 21.2 Å². The lowest BCUT2D eigenvalue weighted by atomic mass is 10.2. The van der Waals surface area contributed by atoms with Gasteiger partial charge in [-0.1, -0.05) is 78.4 Å². The standard InChI is InChI=1S/C30H31N3O3S/c1-24-13-15-26(16-14-24)37(35,36)29-22-33(28-12-6-5-11-27(28)29)23-30(34)32-20-18-31(19-21-32)17-7-10-25-8-3-2-4-9-25/h2-16,22H,17-21,23H2,1H3/b10-7+. The number of aromatic nitrogens is 1. The molecule has 5 rings (SSSR count). The highest BCUT2D eigenvalue weighted by atomic mass is 32.2. The molecule has 0 unspecified atom stereocenters. The molecule has 1 aliphatic heterocycles. The van der Waals surface area contributed by atoms with Crippen LogP contribution >= 0.6 is 0 Å². The van der Waals surface area contributed by atoms with Crippen molar-refractivity contribution in [3.8, 4) is 0 Å². The highest BCUT2D eigenvalue weighted by Crippen LogP contribution is 2.30. The number of carbonyl (C=O) groups is 1. The third-order valence-electron chi connectivity index (χ3n) is 6.88. The first kappa shape index (κ1) is 25.0. The van der Waals surface area contributed by atoms with Crippen molar-refractivity contribution in [1.82, 2.24) is 14.4 Å². The summed E-state index contributed by atoms with van der Waals surface area (Å²) in [4.78, 5) is 17.9. The Morgan fingerprint density at radius 1 is 0.865 bits per heavy atom. The molecule has 0 radical (unpaired) electrons. The second-order valence-corrected chi connectivity index (χ2v) is 11.4. The van der Waals surface area contributed by atoms with Gasteiger partial charge >= 0.3 is 0 Å². The van der Waals surface area contributed by atoms with Crippen molar-refractivity contribution >= 4 is 32.7 Å². The van der Waals surface area contributed by atoms with Crippen LogP contribution in [0, 0.1) is 6.92 Å². The Kier molecular flexibility index (Phi) is 7.26. The average molecular weight is 514 g/mol. The zero-order valence-electron chi connectivity index (χ0n) is 21.0. The van der Waals surface area contributed by atoms with E-state index in [9.17, 15) is 13.2 Å². The first-order valence-corrected chi connectivity index (χ1v) is 14.0. The lowest BCUT2D eigenvalue weighted by molar-refractivity contribution is -0.133. The number of fused-ring (bicyclic) bond motifs is 1. The summed E-state index contributed by atoms with van der Waals surface area (Å²) >= 11 is 0. The van der Waals surface area contributed by atoms with E-state index in [0.29, 0.717) is 18.5 Å². The van der Waals surface area contributed by atoms with E-state index < -0.39 is 9.84 Å². The minimum atomic E-state index is -3.72. The zero-order chi connectivity index (χ0) is 25.8. The predicted octanol–water partition coefficient (Wildman–Crippen LogP) is 4.64. The second kappa shape index (κ2) is 10.7. The van der Waals surface area contributed by atoms with Gasteiger partial charge in [-0.05, 0) is 30.7 Å².